The van der Waals surface area contributed by atoms with Crippen molar-refractivity contribution in [2.45, 2.75) is 45.3 Å². The van der Waals surface area contributed by atoms with Crippen LogP contribution in [0.15, 0.2) is 18.3 Å². The quantitative estimate of drug-likeness (QED) is 0.779. The number of hydrogen-bond donors (Lipinski definition) is 2. The molecule has 2 bridgehead atoms. The number of hydrogen-bond acceptors (Lipinski definition) is 7. The molecule has 2 atom stereocenters. The normalized spacial score (nSPS) is 26.4. The Balaban J connectivity index is 1.61. The van der Waals surface area contributed by atoms with Crippen molar-refractivity contribution >= 4 is 0 Å². The van der Waals surface area contributed by atoms with Crippen LogP contribution >= 0.6 is 0 Å². The summed E-state index contributed by atoms with van der Waals surface area (Å²) < 4.78 is 10.6. The van der Waals surface area contributed by atoms with Gasteiger partial charge in [-0.2, -0.15) is 4.98 Å². The molecule has 1 saturated carbocycles. The monoisotopic (exact) mass is 413 g/mol. The van der Waals surface area contributed by atoms with Gasteiger partial charge in [0.1, 0.15) is 11.4 Å². The predicted molar refractivity (Wildman–Crippen MR) is 113 cm³/mol. The van der Waals surface area contributed by atoms with Crippen LogP contribution in [0.4, 0.5) is 0 Å². The molecule has 7 nitrogen and oxygen atoms in total. The summed E-state index contributed by atoms with van der Waals surface area (Å²) in [5.74, 6) is 0.917. The van der Waals surface area contributed by atoms with E-state index in [1.165, 1.54) is 12.7 Å². The van der Waals surface area contributed by atoms with Crippen LogP contribution in [0, 0.1) is 25.7 Å². The first-order chi connectivity index (χ1) is 14.4. The van der Waals surface area contributed by atoms with Gasteiger partial charge in [-0.1, -0.05) is 18.6 Å². The number of phenolic OH excluding ortho intramolecular Hbond substituents is 1. The fourth-order valence-corrected chi connectivity index (χ4v) is 5.39. The Labute approximate surface area is 177 Å². The minimum atomic E-state index is -1.01. The highest BCUT2D eigenvalue weighted by Crippen LogP contribution is 2.51. The number of aryl methyl sites for hydroxylation is 2. The predicted octanol–water partition coefficient (Wildman–Crippen LogP) is 2.94. The van der Waals surface area contributed by atoms with E-state index in [4.69, 9.17) is 9.47 Å². The Morgan fingerprint density at radius 3 is 2.30 bits per heavy atom. The van der Waals surface area contributed by atoms with Crippen molar-refractivity contribution in [1.29, 1.82) is 0 Å². The fourth-order valence-electron chi connectivity index (χ4n) is 5.39. The van der Waals surface area contributed by atoms with Gasteiger partial charge in [0.15, 0.2) is 0 Å². The van der Waals surface area contributed by atoms with E-state index in [0.29, 0.717) is 17.2 Å². The van der Waals surface area contributed by atoms with Crippen LogP contribution in [-0.2, 0) is 12.1 Å². The molecule has 2 aliphatic rings. The molecule has 30 heavy (non-hydrogen) atoms. The van der Waals surface area contributed by atoms with Crippen LogP contribution in [0.5, 0.6) is 17.6 Å². The van der Waals surface area contributed by atoms with Gasteiger partial charge >= 0.3 is 6.01 Å². The summed E-state index contributed by atoms with van der Waals surface area (Å²) in [4.78, 5) is 11.0. The number of aromatic nitrogens is 2. The lowest BCUT2D eigenvalue weighted by Crippen LogP contribution is -2.58. The average molecular weight is 414 g/mol. The molecule has 2 fully saturated rings. The SMILES string of the molecule is COc1ncc(C2(O)C3CCCC2CN(Cc2cc(C)c(O)c(C)c2)C3)c(OC)n1. The molecule has 0 amide bonds. The van der Waals surface area contributed by atoms with Gasteiger partial charge in [-0.05, 0) is 43.4 Å². The van der Waals surface area contributed by atoms with Gasteiger partial charge in [0.25, 0.3) is 0 Å². The summed E-state index contributed by atoms with van der Waals surface area (Å²) in [6.07, 6.45) is 4.68. The molecule has 2 aromatic rings. The van der Waals surface area contributed by atoms with Crippen molar-refractivity contribution in [1.82, 2.24) is 14.9 Å². The minimum Gasteiger partial charge on any atom is -0.507 e. The first-order valence-corrected chi connectivity index (χ1v) is 10.6. The van der Waals surface area contributed by atoms with Crippen LogP contribution in [0.25, 0.3) is 0 Å². The average Bonchev–Trinajstić information content (AvgIpc) is 2.72. The number of fused-ring (bicyclic) bond motifs is 2. The maximum absolute atomic E-state index is 11.9. The van der Waals surface area contributed by atoms with Crippen molar-refractivity contribution in [3.8, 4) is 17.6 Å². The smallest absolute Gasteiger partial charge is 0.319 e. The topological polar surface area (TPSA) is 87.9 Å². The second kappa shape index (κ2) is 8.04. The van der Waals surface area contributed by atoms with Crippen LogP contribution < -0.4 is 9.47 Å². The lowest BCUT2D eigenvalue weighted by Gasteiger charge is -2.53. The molecule has 1 aromatic heterocycles. The fraction of sp³-hybridized carbons (Fsp3) is 0.565. The maximum Gasteiger partial charge on any atom is 0.319 e. The second-order valence-corrected chi connectivity index (χ2v) is 8.70. The van der Waals surface area contributed by atoms with Crippen molar-refractivity contribution in [3.05, 3.63) is 40.6 Å². The zero-order valence-electron chi connectivity index (χ0n) is 18.2. The molecule has 2 heterocycles. The first-order valence-electron chi connectivity index (χ1n) is 10.6. The summed E-state index contributed by atoms with van der Waals surface area (Å²) in [6.45, 7) is 6.26. The third-order valence-electron chi connectivity index (χ3n) is 6.80. The number of nitrogens with zero attached hydrogens (tertiary/aromatic N) is 3. The maximum atomic E-state index is 11.9. The summed E-state index contributed by atoms with van der Waals surface area (Å²) in [5, 5.41) is 22.0. The lowest BCUT2D eigenvalue weighted by molar-refractivity contribution is -0.149. The highest BCUT2D eigenvalue weighted by Gasteiger charge is 2.53. The molecular formula is C23H31N3O4. The number of ether oxygens (including phenoxy) is 2. The van der Waals surface area contributed by atoms with Gasteiger partial charge in [0, 0.05) is 37.7 Å². The Kier molecular flexibility index (Phi) is 5.59. The van der Waals surface area contributed by atoms with Gasteiger partial charge < -0.3 is 19.7 Å². The van der Waals surface area contributed by atoms with Crippen molar-refractivity contribution in [2.24, 2.45) is 11.8 Å². The summed E-state index contributed by atoms with van der Waals surface area (Å²) in [6, 6.07) is 4.35. The molecule has 162 valence electrons. The zero-order valence-corrected chi connectivity index (χ0v) is 18.2. The highest BCUT2D eigenvalue weighted by molar-refractivity contribution is 5.42. The van der Waals surface area contributed by atoms with E-state index in [9.17, 15) is 10.2 Å². The highest BCUT2D eigenvalue weighted by atomic mass is 16.5. The number of rotatable bonds is 5. The van der Waals surface area contributed by atoms with Gasteiger partial charge in [-0.25, -0.2) is 4.98 Å². The Morgan fingerprint density at radius 2 is 1.73 bits per heavy atom. The first kappa shape index (κ1) is 20.9. The van der Waals surface area contributed by atoms with Gasteiger partial charge in [0.2, 0.25) is 5.88 Å². The third kappa shape index (κ3) is 3.50. The summed E-state index contributed by atoms with van der Waals surface area (Å²) >= 11 is 0. The largest absolute Gasteiger partial charge is 0.507 e. The molecule has 0 radical (unpaired) electrons. The Hall–Kier alpha value is -2.38. The molecule has 1 saturated heterocycles. The van der Waals surface area contributed by atoms with E-state index >= 15 is 0 Å². The number of benzene rings is 1. The second-order valence-electron chi connectivity index (χ2n) is 8.70. The van der Waals surface area contributed by atoms with E-state index in [-0.39, 0.29) is 17.8 Å². The minimum absolute atomic E-state index is 0.0789. The molecule has 0 spiro atoms. The van der Waals surface area contributed by atoms with Crippen LogP contribution in [0.1, 0.15) is 41.5 Å². The van der Waals surface area contributed by atoms with Gasteiger partial charge in [-0.3, -0.25) is 4.90 Å². The van der Waals surface area contributed by atoms with E-state index in [0.717, 1.165) is 50.0 Å². The molecule has 1 aliphatic carbocycles. The van der Waals surface area contributed by atoms with Crippen LogP contribution in [0.2, 0.25) is 0 Å². The molecule has 7 heteroatoms. The van der Waals surface area contributed by atoms with E-state index in [1.807, 2.05) is 13.8 Å². The summed E-state index contributed by atoms with van der Waals surface area (Å²) in [7, 11) is 3.08. The number of aromatic hydroxyl groups is 1. The van der Waals surface area contributed by atoms with E-state index in [2.05, 4.69) is 27.0 Å². The standard InChI is InChI=1S/C23H31N3O4/c1-14-8-16(9-15(2)20(14)27)11-26-12-17-6-5-7-18(13-26)23(17,28)19-10-24-22(30-4)25-21(19)29-3/h8-10,17-18,27-28H,5-7,11-13H2,1-4H3. The molecule has 1 aliphatic heterocycles. The van der Waals surface area contributed by atoms with E-state index in [1.54, 1.807) is 13.3 Å². The van der Waals surface area contributed by atoms with Crippen LogP contribution in [-0.4, -0.2) is 52.4 Å². The Bertz CT molecular complexity index is 896. The summed E-state index contributed by atoms with van der Waals surface area (Å²) in [5.41, 5.74) is 2.65. The van der Waals surface area contributed by atoms with Crippen LogP contribution in [0.3, 0.4) is 0 Å². The molecular weight excluding hydrogens is 382 g/mol. The van der Waals surface area contributed by atoms with Crippen molar-refractivity contribution in [2.75, 3.05) is 27.3 Å². The zero-order chi connectivity index (χ0) is 21.5. The lowest BCUT2D eigenvalue weighted by atomic mass is 9.63. The van der Waals surface area contributed by atoms with Crippen molar-refractivity contribution < 1.29 is 19.7 Å². The third-order valence-corrected chi connectivity index (χ3v) is 6.80. The number of aliphatic hydroxyl groups is 1. The van der Waals surface area contributed by atoms with Gasteiger partial charge in [-0.15, -0.1) is 0 Å². The molecule has 2 unspecified atom stereocenters. The van der Waals surface area contributed by atoms with E-state index < -0.39 is 5.60 Å². The van der Waals surface area contributed by atoms with Crippen molar-refractivity contribution in [3.63, 3.8) is 0 Å². The molecule has 2 N–H and O–H groups in total. The number of methoxy groups -OCH3 is 2. The number of piperidine rings is 1. The molecule has 4 rings (SSSR count). The molecule has 1 aromatic carbocycles. The Morgan fingerprint density at radius 1 is 1.10 bits per heavy atom. The number of likely N-dealkylation sites (tertiary alicyclic amines) is 1. The number of phenols is 1. The van der Waals surface area contributed by atoms with Gasteiger partial charge in [0.05, 0.1) is 19.8 Å².